The van der Waals surface area contributed by atoms with Crippen LogP contribution in [0.3, 0.4) is 0 Å². The third-order valence-electron chi connectivity index (χ3n) is 7.22. The first kappa shape index (κ1) is 22.1. The molecule has 0 saturated carbocycles. The summed E-state index contributed by atoms with van der Waals surface area (Å²) < 4.78 is 2.20. The average molecular weight is 487 g/mol. The Hall–Kier alpha value is -3.35. The first-order valence-corrected chi connectivity index (χ1v) is 12.7. The number of aromatic amines is 1. The van der Waals surface area contributed by atoms with Crippen LogP contribution in [0.2, 0.25) is 5.02 Å². The summed E-state index contributed by atoms with van der Waals surface area (Å²) in [4.78, 5) is 31.9. The second kappa shape index (κ2) is 9.02. The Kier molecular flexibility index (Phi) is 5.71. The number of hydrogen-bond donors (Lipinski definition) is 2. The molecule has 4 aromatic rings. The minimum Gasteiger partial charge on any atom is -0.361 e. The van der Waals surface area contributed by atoms with Crippen molar-refractivity contribution in [3.8, 4) is 0 Å². The number of benzene rings is 2. The van der Waals surface area contributed by atoms with E-state index in [9.17, 15) is 9.59 Å². The van der Waals surface area contributed by atoms with Gasteiger partial charge in [0.2, 0.25) is 0 Å². The van der Waals surface area contributed by atoms with Crippen molar-refractivity contribution in [1.29, 1.82) is 0 Å². The van der Waals surface area contributed by atoms with Crippen LogP contribution in [0.5, 0.6) is 0 Å². The van der Waals surface area contributed by atoms with E-state index in [2.05, 4.69) is 19.8 Å². The summed E-state index contributed by atoms with van der Waals surface area (Å²) in [6, 6.07) is 13.6. The van der Waals surface area contributed by atoms with Crippen molar-refractivity contribution in [2.45, 2.75) is 32.2 Å². The molecule has 0 spiro atoms. The second-order valence-electron chi connectivity index (χ2n) is 9.43. The highest BCUT2D eigenvalue weighted by atomic mass is 35.5. The van der Waals surface area contributed by atoms with Crippen molar-refractivity contribution >= 4 is 56.4 Å². The minimum absolute atomic E-state index is 0.372. The van der Waals surface area contributed by atoms with Gasteiger partial charge in [-0.15, -0.1) is 0 Å². The number of aromatic nitrogens is 2. The summed E-state index contributed by atoms with van der Waals surface area (Å²) in [6.07, 6.45) is 8.73. The van der Waals surface area contributed by atoms with Crippen LogP contribution in [0.15, 0.2) is 54.9 Å². The zero-order valence-electron chi connectivity index (χ0n) is 19.4. The number of carbonyl (C=O) groups is 2. The molecule has 0 radical (unpaired) electrons. The van der Waals surface area contributed by atoms with Crippen molar-refractivity contribution in [3.05, 3.63) is 71.0 Å². The lowest BCUT2D eigenvalue weighted by Crippen LogP contribution is -2.31. The van der Waals surface area contributed by atoms with Crippen molar-refractivity contribution in [3.63, 3.8) is 0 Å². The number of aryl methyl sites for hydroxylation is 1. The third kappa shape index (κ3) is 3.97. The van der Waals surface area contributed by atoms with E-state index in [0.29, 0.717) is 16.2 Å². The number of fused-ring (bicyclic) bond motifs is 2. The summed E-state index contributed by atoms with van der Waals surface area (Å²) in [7, 11) is 0. The van der Waals surface area contributed by atoms with Gasteiger partial charge < -0.3 is 14.5 Å². The molecule has 7 heteroatoms. The number of nitrogens with zero attached hydrogens (tertiary/aromatic N) is 2. The summed E-state index contributed by atoms with van der Waals surface area (Å²) in [5.74, 6) is -0.745. The molecule has 2 N–H and O–H groups in total. The summed E-state index contributed by atoms with van der Waals surface area (Å²) in [5.41, 5.74) is 4.21. The Morgan fingerprint density at radius 1 is 0.857 bits per heavy atom. The van der Waals surface area contributed by atoms with Gasteiger partial charge in [-0.3, -0.25) is 14.9 Å². The van der Waals surface area contributed by atoms with Gasteiger partial charge in [-0.1, -0.05) is 36.2 Å². The molecular formula is C28H27ClN4O2. The molecule has 1 saturated heterocycles. The van der Waals surface area contributed by atoms with Gasteiger partial charge in [0, 0.05) is 56.9 Å². The van der Waals surface area contributed by atoms with Gasteiger partial charge in [0.15, 0.2) is 0 Å². The smallest absolute Gasteiger partial charge is 0.259 e. The van der Waals surface area contributed by atoms with Gasteiger partial charge in [-0.05, 0) is 63.2 Å². The zero-order chi connectivity index (χ0) is 23.9. The number of para-hydroxylation sites is 1. The van der Waals surface area contributed by atoms with Crippen molar-refractivity contribution in [2.24, 2.45) is 0 Å². The van der Waals surface area contributed by atoms with Crippen LogP contribution in [0.25, 0.3) is 33.0 Å². The number of H-pyrrole nitrogens is 1. The van der Waals surface area contributed by atoms with Gasteiger partial charge in [-0.25, -0.2) is 0 Å². The number of rotatable bonds is 6. The molecule has 178 valence electrons. The maximum atomic E-state index is 13.1. The summed E-state index contributed by atoms with van der Waals surface area (Å²) >= 11 is 6.39. The number of imide groups is 1. The fourth-order valence-electron chi connectivity index (χ4n) is 5.55. The highest BCUT2D eigenvalue weighted by Crippen LogP contribution is 2.39. The fourth-order valence-corrected chi connectivity index (χ4v) is 5.72. The predicted molar refractivity (Wildman–Crippen MR) is 140 cm³/mol. The molecule has 2 aliphatic rings. The van der Waals surface area contributed by atoms with Gasteiger partial charge in [-0.2, -0.15) is 0 Å². The van der Waals surface area contributed by atoms with E-state index < -0.39 is 0 Å². The SMILES string of the molecule is O=C1NC(=O)C(c2cn(CCCN3CCCCC3)c3ccc(Cl)cc23)=C1c1c[nH]c2ccccc12. The molecule has 6 nitrogen and oxygen atoms in total. The lowest BCUT2D eigenvalue weighted by molar-refractivity contribution is -0.122. The predicted octanol–water partition coefficient (Wildman–Crippen LogP) is 5.22. The van der Waals surface area contributed by atoms with E-state index in [1.54, 1.807) is 0 Å². The fraction of sp³-hybridized carbons (Fsp3) is 0.286. The van der Waals surface area contributed by atoms with Crippen LogP contribution >= 0.6 is 11.6 Å². The molecule has 0 atom stereocenters. The summed E-state index contributed by atoms with van der Waals surface area (Å²) in [5, 5.41) is 4.92. The molecule has 0 unspecified atom stereocenters. The van der Waals surface area contributed by atoms with Gasteiger partial charge in [0.25, 0.3) is 11.8 Å². The molecule has 35 heavy (non-hydrogen) atoms. The Morgan fingerprint density at radius 2 is 1.63 bits per heavy atom. The lowest BCUT2D eigenvalue weighted by Gasteiger charge is -2.26. The van der Waals surface area contributed by atoms with E-state index >= 15 is 0 Å². The van der Waals surface area contributed by atoms with Gasteiger partial charge in [0.1, 0.15) is 0 Å². The molecule has 2 aliphatic heterocycles. The molecule has 1 fully saturated rings. The van der Waals surface area contributed by atoms with Crippen molar-refractivity contribution in [1.82, 2.24) is 19.8 Å². The number of nitrogens with one attached hydrogen (secondary N) is 2. The van der Waals surface area contributed by atoms with Crippen LogP contribution in [-0.4, -0.2) is 45.9 Å². The third-order valence-corrected chi connectivity index (χ3v) is 7.46. The first-order valence-electron chi connectivity index (χ1n) is 12.3. The molecule has 2 aromatic heterocycles. The number of piperidine rings is 1. The molecule has 2 aromatic carbocycles. The van der Waals surface area contributed by atoms with Crippen LogP contribution in [0.1, 0.15) is 36.8 Å². The number of carbonyl (C=O) groups excluding carboxylic acids is 2. The van der Waals surface area contributed by atoms with Crippen LogP contribution in [-0.2, 0) is 16.1 Å². The van der Waals surface area contributed by atoms with Crippen LogP contribution in [0.4, 0.5) is 0 Å². The Balaban J connectivity index is 1.44. The van der Waals surface area contributed by atoms with Crippen LogP contribution in [0, 0.1) is 0 Å². The number of likely N-dealkylation sites (tertiary alicyclic amines) is 1. The van der Waals surface area contributed by atoms with E-state index in [-0.39, 0.29) is 11.8 Å². The van der Waals surface area contributed by atoms with E-state index in [1.165, 1.54) is 32.4 Å². The molecule has 4 heterocycles. The van der Waals surface area contributed by atoms with Gasteiger partial charge >= 0.3 is 0 Å². The quantitative estimate of drug-likeness (QED) is 0.367. The largest absolute Gasteiger partial charge is 0.361 e. The van der Waals surface area contributed by atoms with Crippen molar-refractivity contribution in [2.75, 3.05) is 19.6 Å². The normalized spacial score (nSPS) is 17.2. The Bertz CT molecular complexity index is 1490. The molecule has 2 amide bonds. The lowest BCUT2D eigenvalue weighted by atomic mass is 9.95. The van der Waals surface area contributed by atoms with E-state index in [4.69, 9.17) is 11.6 Å². The molecule has 6 rings (SSSR count). The topological polar surface area (TPSA) is 70.1 Å². The number of amides is 2. The zero-order valence-corrected chi connectivity index (χ0v) is 20.2. The van der Waals surface area contributed by atoms with Gasteiger partial charge in [0.05, 0.1) is 11.1 Å². The maximum Gasteiger partial charge on any atom is 0.259 e. The van der Waals surface area contributed by atoms with Crippen LogP contribution < -0.4 is 5.32 Å². The standard InChI is InChI=1S/C28H27ClN4O2/c29-18-9-10-24-20(15-18)22(17-33(24)14-6-13-32-11-4-1-5-12-32)26-25(27(34)31-28(26)35)21-16-30-23-8-3-2-7-19(21)23/h2-3,7-10,15-17,30H,1,4-6,11-14H2,(H,31,34,35). The van der Waals surface area contributed by atoms with E-state index in [0.717, 1.165) is 52.4 Å². The summed E-state index contributed by atoms with van der Waals surface area (Å²) in [6.45, 7) is 4.25. The Morgan fingerprint density at radius 3 is 2.46 bits per heavy atom. The molecule has 0 bridgehead atoms. The molecular weight excluding hydrogens is 460 g/mol. The number of halogens is 1. The monoisotopic (exact) mass is 486 g/mol. The van der Waals surface area contributed by atoms with Crippen molar-refractivity contribution < 1.29 is 9.59 Å². The second-order valence-corrected chi connectivity index (χ2v) is 9.87. The average Bonchev–Trinajstić information content (AvgIpc) is 3.52. The molecule has 0 aliphatic carbocycles. The van der Waals surface area contributed by atoms with E-state index in [1.807, 2.05) is 54.9 Å². The first-order chi connectivity index (χ1) is 17.1. The maximum absolute atomic E-state index is 13.1. The minimum atomic E-state index is -0.373. The number of hydrogen-bond acceptors (Lipinski definition) is 3. The Labute approximate surface area is 208 Å². The highest BCUT2D eigenvalue weighted by molar-refractivity contribution is 6.50. The highest BCUT2D eigenvalue weighted by Gasteiger charge is 2.35.